The molecule has 2 aromatic carbocycles. The van der Waals surface area contributed by atoms with Crippen molar-refractivity contribution < 1.29 is 19.4 Å². The number of nitrogens with two attached hydrogens (primary N) is 1. The summed E-state index contributed by atoms with van der Waals surface area (Å²) < 4.78 is 7.78. The summed E-state index contributed by atoms with van der Waals surface area (Å²) in [6.07, 6.45) is 2.30. The van der Waals surface area contributed by atoms with E-state index in [1.807, 2.05) is 30.3 Å². The maximum absolute atomic E-state index is 12.1. The van der Waals surface area contributed by atoms with Gasteiger partial charge in [-0.3, -0.25) is 4.79 Å². The van der Waals surface area contributed by atoms with E-state index in [4.69, 9.17) is 15.6 Å². The molecule has 1 atom stereocenters. The first-order chi connectivity index (χ1) is 13.6. The van der Waals surface area contributed by atoms with Gasteiger partial charge in [0.25, 0.3) is 0 Å². The quantitative estimate of drug-likeness (QED) is 0.661. The van der Waals surface area contributed by atoms with Crippen molar-refractivity contribution in [2.45, 2.75) is 31.7 Å². The number of hydrogen-bond acceptors (Lipinski definition) is 3. The van der Waals surface area contributed by atoms with Gasteiger partial charge in [-0.25, -0.2) is 4.79 Å². The summed E-state index contributed by atoms with van der Waals surface area (Å²) in [4.78, 5) is 23.0. The zero-order valence-electron chi connectivity index (χ0n) is 15.4. The average molecular weight is 378 g/mol. The number of nitrogens with zero attached hydrogens (tertiary/aromatic N) is 1. The Labute approximate surface area is 162 Å². The van der Waals surface area contributed by atoms with Gasteiger partial charge in [-0.05, 0) is 42.5 Å². The first-order valence-corrected chi connectivity index (χ1v) is 9.38. The molecule has 1 aliphatic carbocycles. The number of aliphatic carboxylic acids is 1. The van der Waals surface area contributed by atoms with Gasteiger partial charge < -0.3 is 20.1 Å². The van der Waals surface area contributed by atoms with Gasteiger partial charge in [-0.1, -0.05) is 36.4 Å². The number of amides is 1. The normalized spacial score (nSPS) is 15.5. The Morgan fingerprint density at radius 2 is 1.93 bits per heavy atom. The predicted molar refractivity (Wildman–Crippen MR) is 105 cm³/mol. The van der Waals surface area contributed by atoms with Crippen LogP contribution in [0.15, 0.2) is 48.5 Å². The smallest absolute Gasteiger partial charge is 0.341 e. The van der Waals surface area contributed by atoms with Gasteiger partial charge in [-0.15, -0.1) is 0 Å². The fraction of sp³-hybridized carbons (Fsp3) is 0.273. The van der Waals surface area contributed by atoms with E-state index < -0.39 is 12.6 Å². The molecule has 4 rings (SSSR count). The molecular weight excluding hydrogens is 356 g/mol. The van der Waals surface area contributed by atoms with E-state index in [0.29, 0.717) is 12.2 Å². The Balaban J connectivity index is 1.80. The summed E-state index contributed by atoms with van der Waals surface area (Å²) in [5.41, 5.74) is 9.86. The summed E-state index contributed by atoms with van der Waals surface area (Å²) in [5, 5.41) is 9.80. The fourth-order valence-corrected chi connectivity index (χ4v) is 4.21. The minimum atomic E-state index is -1.04. The van der Waals surface area contributed by atoms with Crippen molar-refractivity contribution in [3.05, 3.63) is 65.4 Å². The van der Waals surface area contributed by atoms with Crippen molar-refractivity contribution in [2.24, 2.45) is 5.73 Å². The molecule has 1 heterocycles. The van der Waals surface area contributed by atoms with Crippen molar-refractivity contribution in [1.82, 2.24) is 4.57 Å². The van der Waals surface area contributed by atoms with E-state index in [0.717, 1.165) is 41.5 Å². The van der Waals surface area contributed by atoms with Crippen LogP contribution in [0.2, 0.25) is 0 Å². The Morgan fingerprint density at radius 3 is 2.64 bits per heavy atom. The molecule has 1 amide bonds. The SMILES string of the molecule is NC(=O)C1CCc2c1c1c(OCC(=O)O)cccc1n2CCc1ccccc1. The van der Waals surface area contributed by atoms with Gasteiger partial charge in [0.1, 0.15) is 5.75 Å². The van der Waals surface area contributed by atoms with E-state index in [-0.39, 0.29) is 11.8 Å². The monoisotopic (exact) mass is 378 g/mol. The van der Waals surface area contributed by atoms with Crippen LogP contribution >= 0.6 is 0 Å². The maximum Gasteiger partial charge on any atom is 0.341 e. The Hall–Kier alpha value is -3.28. The second-order valence-corrected chi connectivity index (χ2v) is 7.07. The lowest BCUT2D eigenvalue weighted by atomic mass is 9.99. The number of fused-ring (bicyclic) bond motifs is 3. The van der Waals surface area contributed by atoms with E-state index in [1.54, 1.807) is 6.07 Å². The highest BCUT2D eigenvalue weighted by Crippen LogP contribution is 2.44. The Morgan fingerprint density at radius 1 is 1.14 bits per heavy atom. The minimum absolute atomic E-state index is 0.353. The number of primary amides is 1. The fourth-order valence-electron chi connectivity index (χ4n) is 4.21. The molecule has 6 nitrogen and oxygen atoms in total. The van der Waals surface area contributed by atoms with Crippen LogP contribution in [0.4, 0.5) is 0 Å². The summed E-state index contributed by atoms with van der Waals surface area (Å²) in [6, 6.07) is 15.8. The van der Waals surface area contributed by atoms with Gasteiger partial charge in [0, 0.05) is 17.6 Å². The van der Waals surface area contributed by atoms with E-state index >= 15 is 0 Å². The second kappa shape index (κ2) is 7.38. The van der Waals surface area contributed by atoms with Crippen LogP contribution in [-0.2, 0) is 29.0 Å². The zero-order chi connectivity index (χ0) is 19.7. The molecule has 144 valence electrons. The molecule has 0 bridgehead atoms. The molecule has 1 unspecified atom stereocenters. The van der Waals surface area contributed by atoms with Crippen LogP contribution in [0.5, 0.6) is 5.75 Å². The predicted octanol–water partition coefficient (Wildman–Crippen LogP) is 2.86. The maximum atomic E-state index is 12.1. The number of carbonyl (C=O) groups is 2. The van der Waals surface area contributed by atoms with E-state index in [2.05, 4.69) is 16.7 Å². The second-order valence-electron chi connectivity index (χ2n) is 7.07. The zero-order valence-corrected chi connectivity index (χ0v) is 15.4. The number of carboxylic acid groups (broad SMARTS) is 1. The number of carboxylic acids is 1. The lowest BCUT2D eigenvalue weighted by Gasteiger charge is -2.11. The third kappa shape index (κ3) is 3.22. The molecule has 0 fully saturated rings. The molecule has 28 heavy (non-hydrogen) atoms. The number of carbonyl (C=O) groups excluding carboxylic acids is 1. The van der Waals surface area contributed by atoms with Crippen LogP contribution in [0.25, 0.3) is 10.9 Å². The van der Waals surface area contributed by atoms with Crippen LogP contribution in [-0.4, -0.2) is 28.2 Å². The average Bonchev–Trinajstić information content (AvgIpc) is 3.24. The van der Waals surface area contributed by atoms with Crippen LogP contribution < -0.4 is 10.5 Å². The third-order valence-electron chi connectivity index (χ3n) is 5.38. The number of rotatable bonds is 7. The highest BCUT2D eigenvalue weighted by atomic mass is 16.5. The lowest BCUT2D eigenvalue weighted by Crippen LogP contribution is -2.19. The van der Waals surface area contributed by atoms with Gasteiger partial charge in [0.2, 0.25) is 5.91 Å². The first kappa shape index (κ1) is 18.1. The topological polar surface area (TPSA) is 94.6 Å². The van der Waals surface area contributed by atoms with Crippen molar-refractivity contribution in [1.29, 1.82) is 0 Å². The molecule has 3 aromatic rings. The summed E-state index contributed by atoms with van der Waals surface area (Å²) >= 11 is 0. The summed E-state index contributed by atoms with van der Waals surface area (Å²) in [7, 11) is 0. The Kier molecular flexibility index (Phi) is 4.77. The third-order valence-corrected chi connectivity index (χ3v) is 5.38. The largest absolute Gasteiger partial charge is 0.481 e. The lowest BCUT2D eigenvalue weighted by molar-refractivity contribution is -0.139. The summed E-state index contributed by atoms with van der Waals surface area (Å²) in [6.45, 7) is 0.341. The van der Waals surface area contributed by atoms with Gasteiger partial charge in [-0.2, -0.15) is 0 Å². The van der Waals surface area contributed by atoms with Gasteiger partial charge >= 0.3 is 5.97 Å². The minimum Gasteiger partial charge on any atom is -0.481 e. The first-order valence-electron chi connectivity index (χ1n) is 9.38. The number of benzene rings is 2. The van der Waals surface area contributed by atoms with Gasteiger partial charge in [0.05, 0.1) is 11.4 Å². The highest BCUT2D eigenvalue weighted by Gasteiger charge is 2.34. The number of ether oxygens (including phenoxy) is 1. The molecule has 0 radical (unpaired) electrons. The van der Waals surface area contributed by atoms with Crippen molar-refractivity contribution in [3.63, 3.8) is 0 Å². The van der Waals surface area contributed by atoms with Crippen molar-refractivity contribution in [3.8, 4) is 5.75 Å². The highest BCUT2D eigenvalue weighted by molar-refractivity contribution is 5.97. The molecule has 0 saturated heterocycles. The molecular formula is C22H22N2O4. The number of hydrogen-bond donors (Lipinski definition) is 2. The van der Waals surface area contributed by atoms with E-state index in [1.165, 1.54) is 5.56 Å². The van der Waals surface area contributed by atoms with Gasteiger partial charge in [0.15, 0.2) is 6.61 Å². The van der Waals surface area contributed by atoms with Crippen LogP contribution in [0.1, 0.15) is 29.2 Å². The van der Waals surface area contributed by atoms with Crippen LogP contribution in [0, 0.1) is 0 Å². The number of aryl methyl sites for hydroxylation is 2. The van der Waals surface area contributed by atoms with E-state index in [9.17, 15) is 9.59 Å². The molecule has 1 aromatic heterocycles. The van der Waals surface area contributed by atoms with Crippen molar-refractivity contribution >= 4 is 22.8 Å². The molecule has 0 saturated carbocycles. The Bertz CT molecular complexity index is 1040. The summed E-state index contributed by atoms with van der Waals surface area (Å²) in [5.74, 6) is -1.27. The molecule has 0 spiro atoms. The molecule has 6 heteroatoms. The molecule has 1 aliphatic rings. The molecule has 0 aliphatic heterocycles. The van der Waals surface area contributed by atoms with Crippen molar-refractivity contribution in [2.75, 3.05) is 6.61 Å². The number of aromatic nitrogens is 1. The molecule has 3 N–H and O–H groups in total. The van der Waals surface area contributed by atoms with Crippen LogP contribution in [0.3, 0.4) is 0 Å². The standard InChI is InChI=1S/C22H22N2O4/c23-22(27)15-9-10-17-20(15)21-16(7-4-8-18(21)28-13-19(25)26)24(17)12-11-14-5-2-1-3-6-14/h1-8,15H,9-13H2,(H2,23,27)(H,25,26).